The molecule has 0 saturated heterocycles. The number of hydrogen-bond acceptors (Lipinski definition) is 4. The molecule has 1 unspecified atom stereocenters. The number of unbranched alkanes of at least 4 members (excludes halogenated alkanes) is 1. The lowest BCUT2D eigenvalue weighted by molar-refractivity contribution is 0.296. The van der Waals surface area contributed by atoms with E-state index < -0.39 is 20.2 Å². The van der Waals surface area contributed by atoms with Crippen molar-refractivity contribution in [1.29, 1.82) is 0 Å². The summed E-state index contributed by atoms with van der Waals surface area (Å²) in [6, 6.07) is 0. The van der Waals surface area contributed by atoms with Crippen LogP contribution >= 0.6 is 27.8 Å². The van der Waals surface area contributed by atoms with Crippen LogP contribution in [0.25, 0.3) is 0 Å². The Morgan fingerprint density at radius 2 is 1.79 bits per heavy atom. The number of hydrogen-bond donors (Lipinski definition) is 6. The summed E-state index contributed by atoms with van der Waals surface area (Å²) >= 11 is 4.08. The van der Waals surface area contributed by atoms with Gasteiger partial charge in [-0.15, -0.1) is 0 Å². The topological polar surface area (TPSA) is 127 Å². The second kappa shape index (κ2) is 6.41. The van der Waals surface area contributed by atoms with Crippen molar-refractivity contribution in [2.45, 2.75) is 24.3 Å². The second-order valence-corrected chi connectivity index (χ2v) is 8.92. The van der Waals surface area contributed by atoms with Gasteiger partial charge >= 0.3 is 15.2 Å². The van der Waals surface area contributed by atoms with Crippen LogP contribution in [-0.2, 0) is 9.13 Å². The Bertz CT molecular complexity index is 408. The highest BCUT2D eigenvalue weighted by Gasteiger charge is 2.59. The molecule has 0 spiro atoms. The summed E-state index contributed by atoms with van der Waals surface area (Å²) < 4.78 is 22.8. The fraction of sp³-hybridized carbons (Fsp3) is 0.778. The van der Waals surface area contributed by atoms with Crippen molar-refractivity contribution in [3.63, 3.8) is 0 Å². The van der Waals surface area contributed by atoms with Gasteiger partial charge in [-0.2, -0.15) is 12.6 Å². The third kappa shape index (κ3) is 3.93. The van der Waals surface area contributed by atoms with Crippen molar-refractivity contribution in [3.8, 4) is 0 Å². The lowest BCUT2D eigenvalue weighted by Gasteiger charge is -2.37. The minimum absolute atomic E-state index is 0.00566. The third-order valence-corrected chi connectivity index (χ3v) is 7.37. The van der Waals surface area contributed by atoms with E-state index in [2.05, 4.69) is 17.9 Å². The molecule has 1 aliphatic heterocycles. The van der Waals surface area contributed by atoms with Gasteiger partial charge in [0.2, 0.25) is 5.02 Å². The van der Waals surface area contributed by atoms with E-state index in [1.165, 1.54) is 6.08 Å². The van der Waals surface area contributed by atoms with Crippen molar-refractivity contribution >= 4 is 27.8 Å². The molecule has 10 heteroatoms. The molecule has 1 atom stereocenters. The monoisotopic (exact) mass is 331 g/mol. The van der Waals surface area contributed by atoms with Crippen molar-refractivity contribution in [3.05, 3.63) is 12.2 Å². The molecular weight excluding hydrogens is 312 g/mol. The van der Waals surface area contributed by atoms with Crippen molar-refractivity contribution < 1.29 is 28.7 Å². The SMILES string of the molecule is O=P(O)(O)C1(P(=O)(O)O)C=CC(CCCCS)CN1. The van der Waals surface area contributed by atoms with Crippen molar-refractivity contribution in [1.82, 2.24) is 5.32 Å². The maximum absolute atomic E-state index is 11.4. The molecule has 0 fully saturated rings. The Morgan fingerprint density at radius 1 is 1.21 bits per heavy atom. The van der Waals surface area contributed by atoms with Gasteiger partial charge in [-0.3, -0.25) is 14.4 Å². The van der Waals surface area contributed by atoms with Crippen molar-refractivity contribution in [2.75, 3.05) is 12.3 Å². The van der Waals surface area contributed by atoms with Crippen LogP contribution in [0, 0.1) is 5.92 Å². The molecule has 0 aromatic heterocycles. The molecule has 1 aliphatic rings. The quantitative estimate of drug-likeness (QED) is 0.184. The van der Waals surface area contributed by atoms with Crippen molar-refractivity contribution in [2.24, 2.45) is 5.92 Å². The van der Waals surface area contributed by atoms with Gasteiger partial charge in [-0.25, -0.2) is 0 Å². The largest absolute Gasteiger partial charge is 0.361 e. The molecule has 0 amide bonds. The van der Waals surface area contributed by atoms with Crippen LogP contribution in [0.15, 0.2) is 12.2 Å². The van der Waals surface area contributed by atoms with Gasteiger partial charge in [-0.05, 0) is 30.6 Å². The van der Waals surface area contributed by atoms with Crippen LogP contribution in [-0.4, -0.2) is 36.9 Å². The number of thiol groups is 1. The van der Waals surface area contributed by atoms with Crippen LogP contribution < -0.4 is 5.32 Å². The molecule has 0 bridgehead atoms. The Labute approximate surface area is 117 Å². The number of nitrogens with one attached hydrogen (secondary N) is 1. The lowest BCUT2D eigenvalue weighted by atomic mass is 9.99. The molecule has 112 valence electrons. The van der Waals surface area contributed by atoms with Crippen LogP contribution in [0.4, 0.5) is 0 Å². The predicted octanol–water partition coefficient (Wildman–Crippen LogP) is 0.871. The van der Waals surface area contributed by atoms with Crippen LogP contribution in [0.5, 0.6) is 0 Å². The molecule has 5 N–H and O–H groups in total. The van der Waals surface area contributed by atoms with E-state index in [9.17, 15) is 28.7 Å². The van der Waals surface area contributed by atoms with Gasteiger partial charge in [0.15, 0.2) is 0 Å². The standard InChI is InChI=1S/C9H19NO6P2S/c11-17(12,13)9(18(14,15)16)5-4-8(7-10-9)3-1-2-6-19/h4-5,8,10,19H,1-3,6-7H2,(H2,11,12,13)(H2,14,15,16). The molecule has 7 nitrogen and oxygen atoms in total. The summed E-state index contributed by atoms with van der Waals surface area (Å²) in [4.78, 5) is 36.9. The van der Waals surface area contributed by atoms with Gasteiger partial charge < -0.3 is 19.6 Å². The van der Waals surface area contributed by atoms with E-state index in [1.54, 1.807) is 0 Å². The van der Waals surface area contributed by atoms with Gasteiger partial charge in [0.25, 0.3) is 0 Å². The zero-order valence-corrected chi connectivity index (χ0v) is 12.9. The smallest absolute Gasteiger partial charge is 0.322 e. The average molecular weight is 331 g/mol. The lowest BCUT2D eigenvalue weighted by Crippen LogP contribution is -2.47. The normalized spacial score (nSPS) is 23.5. The Balaban J connectivity index is 2.88. The molecule has 0 aromatic carbocycles. The van der Waals surface area contributed by atoms with Gasteiger partial charge in [0.1, 0.15) is 0 Å². The first kappa shape index (κ1) is 17.4. The molecule has 0 saturated carbocycles. The number of rotatable bonds is 6. The highest BCUT2D eigenvalue weighted by Crippen LogP contribution is 2.68. The van der Waals surface area contributed by atoms with Gasteiger partial charge in [0, 0.05) is 6.54 Å². The molecule has 1 rings (SSSR count). The first-order chi connectivity index (χ1) is 8.64. The summed E-state index contributed by atoms with van der Waals surface area (Å²) in [6.07, 6.45) is 5.02. The van der Waals surface area contributed by atoms with E-state index in [0.717, 1.165) is 31.1 Å². The van der Waals surface area contributed by atoms with Gasteiger partial charge in [-0.1, -0.05) is 12.5 Å². The zero-order valence-electron chi connectivity index (χ0n) is 10.2. The zero-order chi connectivity index (χ0) is 14.7. The summed E-state index contributed by atoms with van der Waals surface area (Å²) in [7, 11) is -10.1. The van der Waals surface area contributed by atoms with E-state index >= 15 is 0 Å². The highest BCUT2D eigenvalue weighted by atomic mass is 32.1. The van der Waals surface area contributed by atoms with Crippen LogP contribution in [0.1, 0.15) is 19.3 Å². The second-order valence-electron chi connectivity index (χ2n) is 4.53. The fourth-order valence-electron chi connectivity index (χ4n) is 1.97. The van der Waals surface area contributed by atoms with Crippen LogP contribution in [0.2, 0.25) is 0 Å². The van der Waals surface area contributed by atoms with E-state index in [1.807, 2.05) is 0 Å². The average Bonchev–Trinajstić information content (AvgIpc) is 2.27. The van der Waals surface area contributed by atoms with Crippen LogP contribution in [0.3, 0.4) is 0 Å². The molecule has 0 aromatic rings. The van der Waals surface area contributed by atoms with E-state index in [0.29, 0.717) is 0 Å². The maximum atomic E-state index is 11.4. The Kier molecular flexibility index (Phi) is 5.87. The molecule has 0 aliphatic carbocycles. The van der Waals surface area contributed by atoms with E-state index in [4.69, 9.17) is 0 Å². The fourth-order valence-corrected chi connectivity index (χ4v) is 4.70. The summed E-state index contributed by atoms with van der Waals surface area (Å²) in [5, 5.41) is -0.226. The summed E-state index contributed by atoms with van der Waals surface area (Å²) in [6.45, 7) is 0.124. The first-order valence-corrected chi connectivity index (χ1v) is 9.66. The molecule has 19 heavy (non-hydrogen) atoms. The van der Waals surface area contributed by atoms with Gasteiger partial charge in [0.05, 0.1) is 0 Å². The Morgan fingerprint density at radius 3 is 2.16 bits per heavy atom. The summed E-state index contributed by atoms with van der Waals surface area (Å²) in [5.41, 5.74) is 0. The molecule has 0 radical (unpaired) electrons. The molecular formula is C9H19NO6P2S. The highest BCUT2D eigenvalue weighted by molar-refractivity contribution is 7.80. The molecule has 1 heterocycles. The maximum Gasteiger partial charge on any atom is 0.361 e. The summed E-state index contributed by atoms with van der Waals surface area (Å²) in [5.74, 6) is 0.768. The first-order valence-electron chi connectivity index (χ1n) is 5.80. The van der Waals surface area contributed by atoms with E-state index in [-0.39, 0.29) is 12.5 Å². The third-order valence-electron chi connectivity index (χ3n) is 3.10. The Hall–Kier alpha value is 0.350. The minimum Gasteiger partial charge on any atom is -0.322 e. The minimum atomic E-state index is -5.03. The predicted molar refractivity (Wildman–Crippen MR) is 75.2 cm³/mol.